The third-order valence-corrected chi connectivity index (χ3v) is 3.04. The van der Waals surface area contributed by atoms with Gasteiger partial charge in [-0.25, -0.2) is 0 Å². The zero-order valence-corrected chi connectivity index (χ0v) is 11.4. The van der Waals surface area contributed by atoms with E-state index in [1.807, 2.05) is 0 Å². The summed E-state index contributed by atoms with van der Waals surface area (Å²) in [6.07, 6.45) is 0. The fourth-order valence-electron chi connectivity index (χ4n) is 1.93. The number of non-ortho nitro benzene ring substituents is 1. The smallest absolute Gasteiger partial charge is 0.300 e. The van der Waals surface area contributed by atoms with Crippen molar-refractivity contribution in [1.29, 1.82) is 5.26 Å². The molecule has 0 bridgehead atoms. The van der Waals surface area contributed by atoms with Crippen LogP contribution in [0.3, 0.4) is 0 Å². The number of rotatable bonds is 4. The summed E-state index contributed by atoms with van der Waals surface area (Å²) >= 11 is 0. The molecule has 0 spiro atoms. The number of benzene rings is 2. The summed E-state index contributed by atoms with van der Waals surface area (Å²) in [5.41, 5.74) is 0.152. The lowest BCUT2D eigenvalue weighted by molar-refractivity contribution is -0.393. The van der Waals surface area contributed by atoms with Crippen LogP contribution in [0.2, 0.25) is 0 Å². The fraction of sp³-hybridized carbons (Fsp3) is 0.0714. The number of nitrogens with one attached hydrogen (secondary N) is 1. The van der Waals surface area contributed by atoms with Gasteiger partial charge in [0, 0.05) is 11.8 Å². The van der Waals surface area contributed by atoms with Crippen LogP contribution >= 0.6 is 0 Å². The van der Waals surface area contributed by atoms with Crippen molar-refractivity contribution >= 4 is 22.7 Å². The maximum absolute atomic E-state index is 11.2. The first-order chi connectivity index (χ1) is 10.4. The van der Waals surface area contributed by atoms with Gasteiger partial charge in [0.1, 0.15) is 11.8 Å². The number of nitro groups is 2. The molecule has 0 fully saturated rings. The Hall–Kier alpha value is -3.47. The average Bonchev–Trinajstić information content (AvgIpc) is 2.49. The fourth-order valence-corrected chi connectivity index (χ4v) is 1.93. The molecular formula is C14H10N4O4. The molecule has 0 radical (unpaired) electrons. The topological polar surface area (TPSA) is 122 Å². The van der Waals surface area contributed by atoms with Gasteiger partial charge in [0.15, 0.2) is 0 Å². The van der Waals surface area contributed by atoms with Crippen LogP contribution in [0.5, 0.6) is 0 Å². The van der Waals surface area contributed by atoms with Crippen molar-refractivity contribution in [2.45, 2.75) is 6.92 Å². The highest BCUT2D eigenvalue weighted by Gasteiger charge is 2.24. The quantitative estimate of drug-likeness (QED) is 0.681. The Bertz CT molecular complexity index is 811. The lowest BCUT2D eigenvalue weighted by Gasteiger charge is -2.11. The molecular weight excluding hydrogens is 288 g/mol. The van der Waals surface area contributed by atoms with Gasteiger partial charge in [0.2, 0.25) is 0 Å². The molecule has 110 valence electrons. The number of nitrogens with zero attached hydrogens (tertiary/aromatic N) is 3. The van der Waals surface area contributed by atoms with Gasteiger partial charge < -0.3 is 5.32 Å². The average molecular weight is 298 g/mol. The van der Waals surface area contributed by atoms with Crippen LogP contribution in [-0.4, -0.2) is 9.85 Å². The molecule has 2 aromatic carbocycles. The lowest BCUT2D eigenvalue weighted by atomic mass is 10.1. The number of nitriles is 1. The van der Waals surface area contributed by atoms with Crippen molar-refractivity contribution in [2.24, 2.45) is 0 Å². The Morgan fingerprint density at radius 2 is 1.82 bits per heavy atom. The highest BCUT2D eigenvalue weighted by atomic mass is 16.6. The first-order valence-corrected chi connectivity index (χ1v) is 6.13. The van der Waals surface area contributed by atoms with E-state index in [0.29, 0.717) is 5.69 Å². The SMILES string of the molecule is Cc1ccccc1Nc1c(C#N)cc([N+](=O)[O-])cc1[N+](=O)[O-]. The van der Waals surface area contributed by atoms with Gasteiger partial charge in [0.25, 0.3) is 5.69 Å². The molecule has 0 unspecified atom stereocenters. The van der Waals surface area contributed by atoms with Crippen LogP contribution in [0.4, 0.5) is 22.7 Å². The molecule has 0 aliphatic rings. The molecule has 0 aliphatic carbocycles. The molecule has 2 rings (SSSR count). The standard InChI is InChI=1S/C14H10N4O4/c1-9-4-2-3-5-12(9)16-14-10(8-15)6-11(17(19)20)7-13(14)18(21)22/h2-7,16H,1H3. The predicted octanol–water partition coefficient (Wildman–Crippen LogP) is 3.43. The number of hydrogen-bond donors (Lipinski definition) is 1. The Morgan fingerprint density at radius 3 is 2.36 bits per heavy atom. The third kappa shape index (κ3) is 2.83. The van der Waals surface area contributed by atoms with Crippen molar-refractivity contribution in [2.75, 3.05) is 5.32 Å². The minimum Gasteiger partial charge on any atom is -0.349 e. The number of hydrogen-bond acceptors (Lipinski definition) is 6. The summed E-state index contributed by atoms with van der Waals surface area (Å²) in [4.78, 5) is 20.5. The second-order valence-corrected chi connectivity index (χ2v) is 4.45. The van der Waals surface area contributed by atoms with Crippen molar-refractivity contribution in [3.05, 3.63) is 67.8 Å². The zero-order valence-electron chi connectivity index (χ0n) is 11.4. The van der Waals surface area contributed by atoms with E-state index in [9.17, 15) is 20.2 Å². The third-order valence-electron chi connectivity index (χ3n) is 3.04. The van der Waals surface area contributed by atoms with Gasteiger partial charge in [0.05, 0.1) is 21.5 Å². The van der Waals surface area contributed by atoms with Crippen LogP contribution in [0.1, 0.15) is 11.1 Å². The van der Waals surface area contributed by atoms with E-state index in [1.165, 1.54) is 0 Å². The Labute approximate surface area is 124 Å². The first kappa shape index (κ1) is 14.9. The molecule has 1 N–H and O–H groups in total. The number of aryl methyl sites for hydroxylation is 1. The van der Waals surface area contributed by atoms with Gasteiger partial charge >= 0.3 is 5.69 Å². The lowest BCUT2D eigenvalue weighted by Crippen LogP contribution is -2.02. The van der Waals surface area contributed by atoms with Crippen LogP contribution in [0.15, 0.2) is 36.4 Å². The Balaban J connectivity index is 2.64. The summed E-state index contributed by atoms with van der Waals surface area (Å²) in [5, 5.41) is 34.0. The van der Waals surface area contributed by atoms with E-state index in [4.69, 9.17) is 5.26 Å². The minimum atomic E-state index is -0.772. The molecule has 0 heterocycles. The molecule has 8 nitrogen and oxygen atoms in total. The first-order valence-electron chi connectivity index (χ1n) is 6.13. The Kier molecular flexibility index (Phi) is 3.99. The van der Waals surface area contributed by atoms with E-state index in [2.05, 4.69) is 5.32 Å². The van der Waals surface area contributed by atoms with Gasteiger partial charge in [-0.2, -0.15) is 5.26 Å². The summed E-state index contributed by atoms with van der Waals surface area (Å²) < 4.78 is 0. The normalized spacial score (nSPS) is 9.82. The maximum Gasteiger partial charge on any atom is 0.300 e. The zero-order chi connectivity index (χ0) is 16.3. The largest absolute Gasteiger partial charge is 0.349 e. The van der Waals surface area contributed by atoms with E-state index >= 15 is 0 Å². The summed E-state index contributed by atoms with van der Waals surface area (Å²) in [5.74, 6) is 0. The van der Waals surface area contributed by atoms with Crippen molar-refractivity contribution < 1.29 is 9.85 Å². The van der Waals surface area contributed by atoms with Gasteiger partial charge in [-0.3, -0.25) is 20.2 Å². The molecule has 22 heavy (non-hydrogen) atoms. The van der Waals surface area contributed by atoms with Crippen molar-refractivity contribution in [3.8, 4) is 6.07 Å². The van der Waals surface area contributed by atoms with Crippen LogP contribution in [-0.2, 0) is 0 Å². The van der Waals surface area contributed by atoms with Crippen LogP contribution < -0.4 is 5.32 Å². The highest BCUT2D eigenvalue weighted by molar-refractivity contribution is 5.79. The molecule has 0 aromatic heterocycles. The maximum atomic E-state index is 11.2. The predicted molar refractivity (Wildman–Crippen MR) is 78.9 cm³/mol. The molecule has 0 saturated heterocycles. The number of anilines is 2. The van der Waals surface area contributed by atoms with E-state index in [-0.39, 0.29) is 11.3 Å². The second kappa shape index (κ2) is 5.88. The van der Waals surface area contributed by atoms with Crippen LogP contribution in [0.25, 0.3) is 0 Å². The van der Waals surface area contributed by atoms with Gasteiger partial charge in [-0.1, -0.05) is 18.2 Å². The molecule has 0 atom stereocenters. The monoisotopic (exact) mass is 298 g/mol. The highest BCUT2D eigenvalue weighted by Crippen LogP contribution is 2.35. The second-order valence-electron chi connectivity index (χ2n) is 4.45. The van der Waals surface area contributed by atoms with Gasteiger partial charge in [-0.15, -0.1) is 0 Å². The summed E-state index contributed by atoms with van der Waals surface area (Å²) in [6.45, 7) is 1.80. The number of nitro benzene ring substituents is 2. The van der Waals surface area contributed by atoms with Crippen molar-refractivity contribution in [3.63, 3.8) is 0 Å². The minimum absolute atomic E-state index is 0.0626. The van der Waals surface area contributed by atoms with Crippen LogP contribution in [0, 0.1) is 38.5 Å². The molecule has 0 amide bonds. The number of para-hydroxylation sites is 1. The summed E-state index contributed by atoms with van der Waals surface area (Å²) in [6, 6.07) is 10.6. The van der Waals surface area contributed by atoms with Gasteiger partial charge in [-0.05, 0) is 18.6 Å². The molecule has 8 heteroatoms. The van der Waals surface area contributed by atoms with Crippen molar-refractivity contribution in [1.82, 2.24) is 0 Å². The van der Waals surface area contributed by atoms with E-state index in [1.54, 1.807) is 37.3 Å². The summed E-state index contributed by atoms with van der Waals surface area (Å²) in [7, 11) is 0. The van der Waals surface area contributed by atoms with E-state index in [0.717, 1.165) is 17.7 Å². The molecule has 2 aromatic rings. The molecule has 0 aliphatic heterocycles. The van der Waals surface area contributed by atoms with E-state index < -0.39 is 21.2 Å². The molecule has 0 saturated carbocycles. The Morgan fingerprint density at radius 1 is 1.14 bits per heavy atom.